The van der Waals surface area contributed by atoms with E-state index in [0.717, 1.165) is 39.1 Å². The molecule has 2 unspecified atom stereocenters. The summed E-state index contributed by atoms with van der Waals surface area (Å²) in [5.74, 6) is 1.32. The Bertz CT molecular complexity index is 478. The van der Waals surface area contributed by atoms with Crippen LogP contribution in [0.15, 0.2) is 24.3 Å². The largest absolute Gasteiger partial charge is 0.493 e. The number of para-hydroxylation sites is 2. The molecule has 0 saturated carbocycles. The van der Waals surface area contributed by atoms with Crippen molar-refractivity contribution < 1.29 is 19.7 Å². The molecule has 0 amide bonds. The third kappa shape index (κ3) is 5.94. The number of aliphatic hydroxyl groups is 2. The summed E-state index contributed by atoms with van der Waals surface area (Å²) in [6.45, 7) is 7.25. The minimum absolute atomic E-state index is 0.239. The summed E-state index contributed by atoms with van der Waals surface area (Å²) in [6.07, 6.45) is 0.0123. The number of methoxy groups -OCH3 is 1. The maximum Gasteiger partial charge on any atom is 0.161 e. The predicted octanol–water partition coefficient (Wildman–Crippen LogP) is 0.823. The van der Waals surface area contributed by atoms with E-state index < -0.39 is 6.10 Å². The van der Waals surface area contributed by atoms with Crippen LogP contribution in [0, 0.1) is 0 Å². The molecular formula is C18H30N2O4. The summed E-state index contributed by atoms with van der Waals surface area (Å²) in [5, 5.41) is 19.9. The van der Waals surface area contributed by atoms with Crippen molar-refractivity contribution in [2.24, 2.45) is 0 Å². The fourth-order valence-electron chi connectivity index (χ4n) is 2.86. The fourth-order valence-corrected chi connectivity index (χ4v) is 2.86. The number of nitrogens with zero attached hydrogens (tertiary/aromatic N) is 2. The van der Waals surface area contributed by atoms with E-state index in [1.807, 2.05) is 31.2 Å². The summed E-state index contributed by atoms with van der Waals surface area (Å²) in [5.41, 5.74) is 0. The van der Waals surface area contributed by atoms with Crippen LogP contribution in [0.2, 0.25) is 0 Å². The summed E-state index contributed by atoms with van der Waals surface area (Å²) < 4.78 is 10.9. The number of β-amino-alcohol motifs (C(OH)–C–C–N with tert-alkyl or cyclic N) is 2. The van der Waals surface area contributed by atoms with Crippen molar-refractivity contribution in [3.63, 3.8) is 0 Å². The second-order valence-electron chi connectivity index (χ2n) is 6.28. The zero-order valence-electron chi connectivity index (χ0n) is 14.7. The Morgan fingerprint density at radius 3 is 2.04 bits per heavy atom. The Labute approximate surface area is 144 Å². The van der Waals surface area contributed by atoms with Crippen LogP contribution >= 0.6 is 0 Å². The molecule has 1 fully saturated rings. The van der Waals surface area contributed by atoms with E-state index in [9.17, 15) is 10.2 Å². The molecule has 1 aliphatic heterocycles. The van der Waals surface area contributed by atoms with E-state index in [1.165, 1.54) is 0 Å². The molecule has 24 heavy (non-hydrogen) atoms. The molecule has 6 nitrogen and oxygen atoms in total. The van der Waals surface area contributed by atoms with Crippen molar-refractivity contribution in [3.8, 4) is 11.5 Å². The lowest BCUT2D eigenvalue weighted by atomic mass is 10.2. The maximum atomic E-state index is 10.2. The van der Waals surface area contributed by atoms with Gasteiger partial charge < -0.3 is 19.7 Å². The Balaban J connectivity index is 1.69. The summed E-state index contributed by atoms with van der Waals surface area (Å²) in [4.78, 5) is 4.52. The average Bonchev–Trinajstić information content (AvgIpc) is 2.61. The van der Waals surface area contributed by atoms with Crippen molar-refractivity contribution in [2.45, 2.75) is 25.6 Å². The van der Waals surface area contributed by atoms with Crippen LogP contribution in [0.1, 0.15) is 13.3 Å². The standard InChI is InChI=1S/C18H30N2O4/c1-3-15(21)12-19-8-10-20(11-9-19)13-16(22)14-24-18-7-5-4-6-17(18)23-2/h4-7,15-16,21-22H,3,8-14H2,1-2H3. The third-order valence-corrected chi connectivity index (χ3v) is 4.37. The average molecular weight is 338 g/mol. The van der Waals surface area contributed by atoms with Gasteiger partial charge >= 0.3 is 0 Å². The first-order valence-electron chi connectivity index (χ1n) is 8.69. The molecule has 1 saturated heterocycles. The number of hydrogen-bond acceptors (Lipinski definition) is 6. The summed E-state index contributed by atoms with van der Waals surface area (Å²) in [7, 11) is 1.60. The minimum atomic E-state index is -0.539. The lowest BCUT2D eigenvalue weighted by Gasteiger charge is -2.36. The highest BCUT2D eigenvalue weighted by atomic mass is 16.5. The highest BCUT2D eigenvalue weighted by Gasteiger charge is 2.20. The van der Waals surface area contributed by atoms with Crippen molar-refractivity contribution in [1.82, 2.24) is 9.80 Å². The van der Waals surface area contributed by atoms with E-state index in [1.54, 1.807) is 7.11 Å². The number of ether oxygens (including phenoxy) is 2. The minimum Gasteiger partial charge on any atom is -0.493 e. The molecule has 2 atom stereocenters. The third-order valence-electron chi connectivity index (χ3n) is 4.37. The first-order chi connectivity index (χ1) is 11.6. The Kier molecular flexibility index (Phi) is 7.78. The summed E-state index contributed by atoms with van der Waals surface area (Å²) in [6, 6.07) is 7.44. The van der Waals surface area contributed by atoms with Gasteiger partial charge in [-0.15, -0.1) is 0 Å². The molecular weight excluding hydrogens is 308 g/mol. The van der Waals surface area contributed by atoms with Crippen molar-refractivity contribution in [1.29, 1.82) is 0 Å². The monoisotopic (exact) mass is 338 g/mol. The van der Waals surface area contributed by atoms with Crippen molar-refractivity contribution in [2.75, 3.05) is 53.0 Å². The Morgan fingerprint density at radius 1 is 0.958 bits per heavy atom. The second-order valence-corrected chi connectivity index (χ2v) is 6.28. The zero-order valence-corrected chi connectivity index (χ0v) is 14.7. The molecule has 1 aromatic carbocycles. The van der Waals surface area contributed by atoms with Gasteiger partial charge in [0.15, 0.2) is 11.5 Å². The molecule has 2 N–H and O–H groups in total. The molecule has 0 spiro atoms. The van der Waals surface area contributed by atoms with Crippen LogP contribution in [0.25, 0.3) is 0 Å². The number of aliphatic hydroxyl groups excluding tert-OH is 2. The van der Waals surface area contributed by atoms with E-state index in [2.05, 4.69) is 9.80 Å². The van der Waals surface area contributed by atoms with Gasteiger partial charge in [-0.3, -0.25) is 9.80 Å². The predicted molar refractivity (Wildman–Crippen MR) is 93.7 cm³/mol. The van der Waals surface area contributed by atoms with Crippen molar-refractivity contribution in [3.05, 3.63) is 24.3 Å². The maximum absolute atomic E-state index is 10.2. The van der Waals surface area contributed by atoms with Crippen LogP contribution < -0.4 is 9.47 Å². The molecule has 1 heterocycles. The number of benzene rings is 1. The van der Waals surface area contributed by atoms with E-state index in [4.69, 9.17) is 9.47 Å². The number of piperazine rings is 1. The number of hydrogen-bond donors (Lipinski definition) is 2. The quantitative estimate of drug-likeness (QED) is 0.695. The van der Waals surface area contributed by atoms with E-state index >= 15 is 0 Å². The first-order valence-corrected chi connectivity index (χ1v) is 8.69. The van der Waals surface area contributed by atoms with Gasteiger partial charge in [-0.2, -0.15) is 0 Å². The molecule has 2 rings (SSSR count). The van der Waals surface area contributed by atoms with Gasteiger partial charge in [0.2, 0.25) is 0 Å². The molecule has 1 aliphatic rings. The van der Waals surface area contributed by atoms with Crippen LogP contribution in [0.4, 0.5) is 0 Å². The highest BCUT2D eigenvalue weighted by Crippen LogP contribution is 2.25. The highest BCUT2D eigenvalue weighted by molar-refractivity contribution is 5.39. The number of rotatable bonds is 9. The van der Waals surface area contributed by atoms with Gasteiger partial charge in [0.05, 0.1) is 13.2 Å². The van der Waals surface area contributed by atoms with E-state index in [0.29, 0.717) is 18.0 Å². The molecule has 1 aromatic rings. The van der Waals surface area contributed by atoms with Crippen LogP contribution in [0.5, 0.6) is 11.5 Å². The Hall–Kier alpha value is -1.34. The lowest BCUT2D eigenvalue weighted by Crippen LogP contribution is -2.50. The van der Waals surface area contributed by atoms with Gasteiger partial charge in [0.25, 0.3) is 0 Å². The van der Waals surface area contributed by atoms with Gasteiger partial charge in [0, 0.05) is 39.3 Å². The van der Waals surface area contributed by atoms with Crippen LogP contribution in [-0.2, 0) is 0 Å². The Morgan fingerprint density at radius 2 is 1.50 bits per heavy atom. The molecule has 136 valence electrons. The molecule has 0 aromatic heterocycles. The normalized spacial score (nSPS) is 19.0. The molecule has 0 radical (unpaired) electrons. The topological polar surface area (TPSA) is 65.4 Å². The first kappa shape index (κ1) is 19.0. The molecule has 0 bridgehead atoms. The fraction of sp³-hybridized carbons (Fsp3) is 0.667. The molecule has 6 heteroatoms. The zero-order chi connectivity index (χ0) is 17.4. The van der Waals surface area contributed by atoms with Gasteiger partial charge in [-0.1, -0.05) is 19.1 Å². The summed E-state index contributed by atoms with van der Waals surface area (Å²) >= 11 is 0. The van der Waals surface area contributed by atoms with Gasteiger partial charge in [0.1, 0.15) is 12.7 Å². The smallest absolute Gasteiger partial charge is 0.161 e. The van der Waals surface area contributed by atoms with Gasteiger partial charge in [-0.25, -0.2) is 0 Å². The van der Waals surface area contributed by atoms with Crippen LogP contribution in [-0.4, -0.2) is 85.2 Å². The van der Waals surface area contributed by atoms with E-state index in [-0.39, 0.29) is 12.7 Å². The van der Waals surface area contributed by atoms with Crippen LogP contribution in [0.3, 0.4) is 0 Å². The molecule has 0 aliphatic carbocycles. The lowest BCUT2D eigenvalue weighted by molar-refractivity contribution is 0.0325. The van der Waals surface area contributed by atoms with Gasteiger partial charge in [-0.05, 0) is 18.6 Å². The second kappa shape index (κ2) is 9.84. The SMILES string of the molecule is CCC(O)CN1CCN(CC(O)COc2ccccc2OC)CC1. The van der Waals surface area contributed by atoms with Crippen molar-refractivity contribution >= 4 is 0 Å².